The van der Waals surface area contributed by atoms with Gasteiger partial charge >= 0.3 is 11.7 Å². The molecular formula is C24H26N4O4. The first-order valence-corrected chi connectivity index (χ1v) is 10.7. The van der Waals surface area contributed by atoms with Crippen LogP contribution >= 0.6 is 0 Å². The zero-order valence-corrected chi connectivity index (χ0v) is 18.2. The number of carbonyl (C=O) groups excluding carboxylic acids is 2. The van der Waals surface area contributed by atoms with Crippen LogP contribution in [0.3, 0.4) is 0 Å². The average Bonchev–Trinajstić information content (AvgIpc) is 2.80. The van der Waals surface area contributed by atoms with E-state index in [1.54, 1.807) is 24.3 Å². The second-order valence-corrected chi connectivity index (χ2v) is 8.13. The summed E-state index contributed by atoms with van der Waals surface area (Å²) in [7, 11) is 1.31. The molecule has 0 spiro atoms. The maximum Gasteiger partial charge on any atom is 0.350 e. The number of nitrogens with one attached hydrogen (secondary N) is 1. The van der Waals surface area contributed by atoms with Crippen molar-refractivity contribution < 1.29 is 14.3 Å². The molecule has 2 heterocycles. The lowest BCUT2D eigenvalue weighted by atomic mass is 10.00. The third-order valence-electron chi connectivity index (χ3n) is 5.72. The molecule has 0 saturated carbocycles. The van der Waals surface area contributed by atoms with Gasteiger partial charge in [0, 0.05) is 24.2 Å². The summed E-state index contributed by atoms with van der Waals surface area (Å²) in [6.07, 6.45) is 2.24. The van der Waals surface area contributed by atoms with E-state index in [9.17, 15) is 14.4 Å². The fourth-order valence-electron chi connectivity index (χ4n) is 4.14. The zero-order valence-electron chi connectivity index (χ0n) is 18.2. The summed E-state index contributed by atoms with van der Waals surface area (Å²) in [6, 6.07) is 13.9. The van der Waals surface area contributed by atoms with Crippen LogP contribution in [-0.4, -0.2) is 41.6 Å². The third-order valence-corrected chi connectivity index (χ3v) is 5.72. The van der Waals surface area contributed by atoms with Gasteiger partial charge in [0.1, 0.15) is 12.4 Å². The minimum absolute atomic E-state index is 0.165. The Morgan fingerprint density at radius 3 is 2.62 bits per heavy atom. The number of aromatic nitrogens is 2. The van der Waals surface area contributed by atoms with Gasteiger partial charge in [0.15, 0.2) is 0 Å². The van der Waals surface area contributed by atoms with Gasteiger partial charge in [0.25, 0.3) is 0 Å². The molecule has 8 heteroatoms. The lowest BCUT2D eigenvalue weighted by Crippen LogP contribution is -2.38. The van der Waals surface area contributed by atoms with Crippen molar-refractivity contribution >= 4 is 34.3 Å². The first-order valence-electron chi connectivity index (χ1n) is 10.7. The van der Waals surface area contributed by atoms with E-state index < -0.39 is 11.7 Å². The maximum absolute atomic E-state index is 12.9. The number of para-hydroxylation sites is 1. The van der Waals surface area contributed by atoms with Gasteiger partial charge in [-0.1, -0.05) is 19.1 Å². The van der Waals surface area contributed by atoms with Crippen molar-refractivity contribution in [3.8, 4) is 0 Å². The van der Waals surface area contributed by atoms with Crippen LogP contribution in [0.5, 0.6) is 0 Å². The molecule has 1 aliphatic rings. The van der Waals surface area contributed by atoms with Crippen molar-refractivity contribution in [2.24, 2.45) is 5.92 Å². The number of anilines is 2. The number of benzene rings is 2. The molecule has 1 unspecified atom stereocenters. The van der Waals surface area contributed by atoms with E-state index in [1.165, 1.54) is 18.1 Å². The topological polar surface area (TPSA) is 93.5 Å². The largest absolute Gasteiger partial charge is 0.465 e. The molecule has 1 aliphatic heterocycles. The quantitative estimate of drug-likeness (QED) is 0.621. The molecule has 8 nitrogen and oxygen atoms in total. The first-order chi connectivity index (χ1) is 15.5. The predicted molar refractivity (Wildman–Crippen MR) is 123 cm³/mol. The maximum atomic E-state index is 12.9. The van der Waals surface area contributed by atoms with Gasteiger partial charge in [0.2, 0.25) is 5.91 Å². The highest BCUT2D eigenvalue weighted by Crippen LogP contribution is 2.27. The van der Waals surface area contributed by atoms with Crippen molar-refractivity contribution in [2.45, 2.75) is 26.3 Å². The van der Waals surface area contributed by atoms with E-state index in [1.807, 2.05) is 24.3 Å². The Kier molecular flexibility index (Phi) is 6.20. The molecule has 0 bridgehead atoms. The van der Waals surface area contributed by atoms with E-state index in [0.717, 1.165) is 24.9 Å². The molecule has 2 aromatic carbocycles. The standard InChI is InChI=1S/C24H26N4O4/c1-16-6-5-13-27(14-16)22-19-7-3-4-8-20(19)28(24(31)26-22)15-21(29)25-18-11-9-17(10-12-18)23(30)32-2/h3-4,7-12,16H,5-6,13-15H2,1-2H3,(H,25,29). The number of methoxy groups -OCH3 is 1. The molecule has 3 aromatic rings. The van der Waals surface area contributed by atoms with E-state index in [4.69, 9.17) is 0 Å². The number of rotatable bonds is 5. The fourth-order valence-corrected chi connectivity index (χ4v) is 4.14. The van der Waals surface area contributed by atoms with Crippen LogP contribution in [-0.2, 0) is 16.1 Å². The van der Waals surface area contributed by atoms with E-state index in [-0.39, 0.29) is 12.5 Å². The number of nitrogens with zero attached hydrogens (tertiary/aromatic N) is 3. The van der Waals surface area contributed by atoms with Gasteiger partial charge in [-0.15, -0.1) is 0 Å². The molecule has 4 rings (SSSR count). The fraction of sp³-hybridized carbons (Fsp3) is 0.333. The molecule has 1 aromatic heterocycles. The van der Waals surface area contributed by atoms with Crippen molar-refractivity contribution in [1.82, 2.24) is 9.55 Å². The minimum atomic E-state index is -0.451. The molecule has 1 saturated heterocycles. The van der Waals surface area contributed by atoms with Crippen molar-refractivity contribution in [3.05, 3.63) is 64.6 Å². The number of carbonyl (C=O) groups is 2. The minimum Gasteiger partial charge on any atom is -0.465 e. The predicted octanol–water partition coefficient (Wildman–Crippen LogP) is 3.06. The van der Waals surface area contributed by atoms with E-state index in [2.05, 4.69) is 26.9 Å². The number of hydrogen-bond acceptors (Lipinski definition) is 6. The Labute approximate surface area is 185 Å². The van der Waals surface area contributed by atoms with Crippen molar-refractivity contribution in [1.29, 1.82) is 0 Å². The molecule has 1 atom stereocenters. The highest BCUT2D eigenvalue weighted by Gasteiger charge is 2.22. The summed E-state index contributed by atoms with van der Waals surface area (Å²) >= 11 is 0. The molecule has 166 valence electrons. The number of esters is 1. The molecule has 1 N–H and O–H groups in total. The molecule has 0 aliphatic carbocycles. The number of piperidine rings is 1. The van der Waals surface area contributed by atoms with Gasteiger partial charge in [0.05, 0.1) is 18.2 Å². The molecular weight excluding hydrogens is 408 g/mol. The van der Waals surface area contributed by atoms with E-state index in [0.29, 0.717) is 28.5 Å². The highest BCUT2D eigenvalue weighted by molar-refractivity contribution is 5.95. The van der Waals surface area contributed by atoms with Crippen LogP contribution in [0.25, 0.3) is 10.9 Å². The van der Waals surface area contributed by atoms with Gasteiger partial charge in [-0.05, 0) is 55.2 Å². The van der Waals surface area contributed by atoms with Gasteiger partial charge in [-0.2, -0.15) is 4.98 Å². The Bertz CT molecular complexity index is 1200. The summed E-state index contributed by atoms with van der Waals surface area (Å²) in [6.45, 7) is 3.77. The summed E-state index contributed by atoms with van der Waals surface area (Å²) < 4.78 is 6.07. The second-order valence-electron chi connectivity index (χ2n) is 8.13. The van der Waals surface area contributed by atoms with Crippen LogP contribution in [0.4, 0.5) is 11.5 Å². The second kappa shape index (κ2) is 9.21. The smallest absolute Gasteiger partial charge is 0.350 e. The monoisotopic (exact) mass is 434 g/mol. The Hall–Kier alpha value is -3.68. The summed E-state index contributed by atoms with van der Waals surface area (Å²) in [5.41, 5.74) is 1.14. The van der Waals surface area contributed by atoms with Crippen LogP contribution in [0.2, 0.25) is 0 Å². The Morgan fingerprint density at radius 2 is 1.91 bits per heavy atom. The number of amides is 1. The van der Waals surface area contributed by atoms with Crippen LogP contribution in [0.15, 0.2) is 53.3 Å². The number of fused-ring (bicyclic) bond motifs is 1. The van der Waals surface area contributed by atoms with Gasteiger partial charge < -0.3 is 15.0 Å². The molecule has 1 fully saturated rings. The van der Waals surface area contributed by atoms with Crippen molar-refractivity contribution in [2.75, 3.05) is 30.4 Å². The first kappa shape index (κ1) is 21.5. The molecule has 1 amide bonds. The van der Waals surface area contributed by atoms with Crippen LogP contribution in [0.1, 0.15) is 30.1 Å². The van der Waals surface area contributed by atoms with Crippen molar-refractivity contribution in [3.63, 3.8) is 0 Å². The summed E-state index contributed by atoms with van der Waals surface area (Å²) in [5.74, 6) is 0.426. The normalized spacial score (nSPS) is 16.1. The highest BCUT2D eigenvalue weighted by atomic mass is 16.5. The SMILES string of the molecule is COC(=O)c1ccc(NC(=O)Cn2c(=O)nc(N3CCCC(C)C3)c3ccccc32)cc1. The Balaban J connectivity index is 1.59. The molecule has 0 radical (unpaired) electrons. The zero-order chi connectivity index (χ0) is 22.7. The van der Waals surface area contributed by atoms with Gasteiger partial charge in [-0.25, -0.2) is 9.59 Å². The summed E-state index contributed by atoms with van der Waals surface area (Å²) in [4.78, 5) is 43.7. The molecule has 32 heavy (non-hydrogen) atoms. The number of hydrogen-bond donors (Lipinski definition) is 1. The van der Waals surface area contributed by atoms with Crippen LogP contribution in [0, 0.1) is 5.92 Å². The summed E-state index contributed by atoms with van der Waals surface area (Å²) in [5, 5.41) is 3.62. The van der Waals surface area contributed by atoms with Crippen LogP contribution < -0.4 is 15.9 Å². The van der Waals surface area contributed by atoms with E-state index >= 15 is 0 Å². The lowest BCUT2D eigenvalue weighted by molar-refractivity contribution is -0.116. The third kappa shape index (κ3) is 4.49. The average molecular weight is 434 g/mol. The lowest BCUT2D eigenvalue weighted by Gasteiger charge is -2.32. The van der Waals surface area contributed by atoms with Gasteiger partial charge in [-0.3, -0.25) is 9.36 Å². The Morgan fingerprint density at radius 1 is 1.16 bits per heavy atom. The number of ether oxygens (including phenoxy) is 1.